The molecule has 0 saturated heterocycles. The number of fused-ring (bicyclic) bond motifs is 1. The minimum Gasteiger partial charge on any atom is -0.478 e. The standard InChI is InChI=1S/C16H9BrClNO3/c17-9-3-6-11-12(7-9)19-15(20)13(14(11)16(21)22)8-1-4-10(18)5-2-8/h1-7H,(H,19,20)(H,21,22). The van der Waals surface area contributed by atoms with Gasteiger partial charge in [0.15, 0.2) is 0 Å². The van der Waals surface area contributed by atoms with Gasteiger partial charge in [0.2, 0.25) is 0 Å². The second kappa shape index (κ2) is 5.59. The molecule has 22 heavy (non-hydrogen) atoms. The van der Waals surface area contributed by atoms with Gasteiger partial charge in [0.25, 0.3) is 5.56 Å². The first-order chi connectivity index (χ1) is 10.5. The molecule has 0 bridgehead atoms. The molecule has 1 aromatic heterocycles. The Kier molecular flexibility index (Phi) is 3.76. The van der Waals surface area contributed by atoms with E-state index in [1.165, 1.54) is 0 Å². The third-order valence-electron chi connectivity index (χ3n) is 3.32. The lowest BCUT2D eigenvalue weighted by molar-refractivity contribution is 0.0699. The fraction of sp³-hybridized carbons (Fsp3) is 0. The Morgan fingerprint density at radius 1 is 1.14 bits per heavy atom. The Hall–Kier alpha value is -2.11. The maximum absolute atomic E-state index is 12.4. The number of aromatic carboxylic acids is 1. The van der Waals surface area contributed by atoms with Crippen LogP contribution in [0.5, 0.6) is 0 Å². The smallest absolute Gasteiger partial charge is 0.337 e. The molecule has 4 nitrogen and oxygen atoms in total. The minimum atomic E-state index is -1.15. The minimum absolute atomic E-state index is 0.0198. The molecule has 0 radical (unpaired) electrons. The number of carboxylic acids is 1. The zero-order valence-electron chi connectivity index (χ0n) is 11.1. The first-order valence-corrected chi connectivity index (χ1v) is 7.49. The molecule has 110 valence electrons. The van der Waals surface area contributed by atoms with Gasteiger partial charge in [0, 0.05) is 14.9 Å². The van der Waals surface area contributed by atoms with Crippen LogP contribution in [0.1, 0.15) is 10.4 Å². The predicted octanol–water partition coefficient (Wildman–Crippen LogP) is 4.31. The number of pyridine rings is 1. The van der Waals surface area contributed by atoms with Crippen molar-refractivity contribution in [1.29, 1.82) is 0 Å². The third-order valence-corrected chi connectivity index (χ3v) is 4.07. The van der Waals surface area contributed by atoms with Crippen LogP contribution in [0.25, 0.3) is 22.0 Å². The van der Waals surface area contributed by atoms with Crippen LogP contribution >= 0.6 is 27.5 Å². The normalized spacial score (nSPS) is 10.8. The quantitative estimate of drug-likeness (QED) is 0.698. The van der Waals surface area contributed by atoms with E-state index in [9.17, 15) is 14.7 Å². The van der Waals surface area contributed by atoms with Crippen molar-refractivity contribution in [2.45, 2.75) is 0 Å². The van der Waals surface area contributed by atoms with Crippen LogP contribution in [0.2, 0.25) is 5.02 Å². The van der Waals surface area contributed by atoms with Gasteiger partial charge in [-0.25, -0.2) is 4.79 Å². The number of aromatic amines is 1. The molecule has 1 heterocycles. The number of hydrogen-bond acceptors (Lipinski definition) is 2. The molecule has 0 spiro atoms. The summed E-state index contributed by atoms with van der Waals surface area (Å²) in [6, 6.07) is 11.6. The van der Waals surface area contributed by atoms with E-state index < -0.39 is 11.5 Å². The van der Waals surface area contributed by atoms with Crippen LogP contribution < -0.4 is 5.56 Å². The molecule has 0 atom stereocenters. The monoisotopic (exact) mass is 377 g/mol. The van der Waals surface area contributed by atoms with E-state index in [0.717, 1.165) is 4.47 Å². The lowest BCUT2D eigenvalue weighted by atomic mass is 9.97. The van der Waals surface area contributed by atoms with Crippen molar-refractivity contribution in [3.05, 3.63) is 67.9 Å². The zero-order valence-corrected chi connectivity index (χ0v) is 13.4. The number of halogens is 2. The van der Waals surface area contributed by atoms with E-state index in [0.29, 0.717) is 21.5 Å². The molecular formula is C16H9BrClNO3. The zero-order chi connectivity index (χ0) is 15.9. The molecule has 3 rings (SSSR count). The summed E-state index contributed by atoms with van der Waals surface area (Å²) in [6.45, 7) is 0. The van der Waals surface area contributed by atoms with Gasteiger partial charge in [-0.05, 0) is 29.8 Å². The summed E-state index contributed by atoms with van der Waals surface area (Å²) in [5, 5.41) is 10.6. The van der Waals surface area contributed by atoms with E-state index in [-0.39, 0.29) is 11.1 Å². The topological polar surface area (TPSA) is 70.2 Å². The van der Waals surface area contributed by atoms with Crippen molar-refractivity contribution in [3.63, 3.8) is 0 Å². The molecule has 6 heteroatoms. The molecule has 0 aliphatic carbocycles. The fourth-order valence-electron chi connectivity index (χ4n) is 2.39. The summed E-state index contributed by atoms with van der Waals surface area (Å²) in [7, 11) is 0. The Labute approximate surface area is 138 Å². The van der Waals surface area contributed by atoms with Gasteiger partial charge in [-0.2, -0.15) is 0 Å². The van der Waals surface area contributed by atoms with Gasteiger partial charge in [-0.3, -0.25) is 4.79 Å². The molecule has 0 amide bonds. The molecule has 0 saturated carbocycles. The van der Waals surface area contributed by atoms with Crippen molar-refractivity contribution in [3.8, 4) is 11.1 Å². The highest BCUT2D eigenvalue weighted by Crippen LogP contribution is 2.28. The summed E-state index contributed by atoms with van der Waals surface area (Å²) < 4.78 is 0.756. The molecule has 2 aromatic carbocycles. The number of carboxylic acid groups (broad SMARTS) is 1. The average molecular weight is 379 g/mol. The summed E-state index contributed by atoms with van der Waals surface area (Å²) in [4.78, 5) is 26.8. The third kappa shape index (κ3) is 2.53. The molecule has 0 fully saturated rings. The summed E-state index contributed by atoms with van der Waals surface area (Å²) in [6.07, 6.45) is 0. The Morgan fingerprint density at radius 3 is 2.45 bits per heavy atom. The van der Waals surface area contributed by atoms with Crippen LogP contribution in [0.3, 0.4) is 0 Å². The van der Waals surface area contributed by atoms with E-state index in [1.807, 2.05) is 0 Å². The van der Waals surface area contributed by atoms with Gasteiger partial charge in [0.1, 0.15) is 0 Å². The van der Waals surface area contributed by atoms with Crippen molar-refractivity contribution < 1.29 is 9.90 Å². The maximum atomic E-state index is 12.4. The highest BCUT2D eigenvalue weighted by molar-refractivity contribution is 9.10. The summed E-state index contributed by atoms with van der Waals surface area (Å²) in [5.41, 5.74) is 0.625. The largest absolute Gasteiger partial charge is 0.478 e. The molecule has 0 unspecified atom stereocenters. The van der Waals surface area contributed by atoms with Gasteiger partial charge >= 0.3 is 5.97 Å². The fourth-order valence-corrected chi connectivity index (χ4v) is 2.87. The number of benzene rings is 2. The lowest BCUT2D eigenvalue weighted by Gasteiger charge is -2.10. The SMILES string of the molecule is O=C(O)c1c(-c2ccc(Cl)cc2)c(=O)[nH]c2cc(Br)ccc12. The highest BCUT2D eigenvalue weighted by Gasteiger charge is 2.20. The van der Waals surface area contributed by atoms with Crippen molar-refractivity contribution in [2.75, 3.05) is 0 Å². The summed E-state index contributed by atoms with van der Waals surface area (Å²) >= 11 is 9.15. The summed E-state index contributed by atoms with van der Waals surface area (Å²) in [5.74, 6) is -1.15. The number of carbonyl (C=O) groups is 1. The van der Waals surface area contributed by atoms with E-state index >= 15 is 0 Å². The van der Waals surface area contributed by atoms with Crippen molar-refractivity contribution in [2.24, 2.45) is 0 Å². The van der Waals surface area contributed by atoms with Crippen LogP contribution in [0, 0.1) is 0 Å². The second-order valence-electron chi connectivity index (χ2n) is 4.71. The number of aromatic nitrogens is 1. The second-order valence-corrected chi connectivity index (χ2v) is 6.06. The van der Waals surface area contributed by atoms with Gasteiger partial charge in [-0.1, -0.05) is 45.7 Å². The molecule has 0 aliphatic heterocycles. The molecule has 0 aliphatic rings. The first-order valence-electron chi connectivity index (χ1n) is 6.32. The van der Waals surface area contributed by atoms with Gasteiger partial charge in [-0.15, -0.1) is 0 Å². The van der Waals surface area contributed by atoms with E-state index in [1.54, 1.807) is 42.5 Å². The van der Waals surface area contributed by atoms with Crippen LogP contribution in [-0.2, 0) is 0 Å². The van der Waals surface area contributed by atoms with Crippen LogP contribution in [-0.4, -0.2) is 16.1 Å². The number of nitrogens with one attached hydrogen (secondary N) is 1. The first kappa shape index (κ1) is 14.8. The molecule has 2 N–H and O–H groups in total. The van der Waals surface area contributed by atoms with Gasteiger partial charge < -0.3 is 10.1 Å². The molecular weight excluding hydrogens is 370 g/mol. The predicted molar refractivity (Wildman–Crippen MR) is 89.7 cm³/mol. The number of hydrogen-bond donors (Lipinski definition) is 2. The lowest BCUT2D eigenvalue weighted by Crippen LogP contribution is -2.15. The number of rotatable bonds is 2. The maximum Gasteiger partial charge on any atom is 0.337 e. The average Bonchev–Trinajstić information content (AvgIpc) is 2.46. The highest BCUT2D eigenvalue weighted by atomic mass is 79.9. The van der Waals surface area contributed by atoms with E-state index in [4.69, 9.17) is 11.6 Å². The van der Waals surface area contributed by atoms with Gasteiger partial charge in [0.05, 0.1) is 16.6 Å². The number of H-pyrrole nitrogens is 1. The van der Waals surface area contributed by atoms with Crippen LogP contribution in [0.15, 0.2) is 51.7 Å². The van der Waals surface area contributed by atoms with Crippen molar-refractivity contribution >= 4 is 44.4 Å². The van der Waals surface area contributed by atoms with Crippen LogP contribution in [0.4, 0.5) is 0 Å². The van der Waals surface area contributed by atoms with E-state index in [2.05, 4.69) is 20.9 Å². The Bertz CT molecular complexity index is 948. The Morgan fingerprint density at radius 2 is 1.82 bits per heavy atom. The van der Waals surface area contributed by atoms with Crippen molar-refractivity contribution in [1.82, 2.24) is 4.98 Å². The Balaban J connectivity index is 2.43. The molecule has 3 aromatic rings.